The number of halogens is 2. The van der Waals surface area contributed by atoms with Crippen molar-refractivity contribution in [2.24, 2.45) is 0 Å². The van der Waals surface area contributed by atoms with Crippen LogP contribution < -0.4 is 4.74 Å². The smallest absolute Gasteiger partial charge is 0.306 e. The number of carbonyl (C=O) groups is 1. The molecule has 1 fully saturated rings. The summed E-state index contributed by atoms with van der Waals surface area (Å²) in [5.74, 6) is -1.95. The van der Waals surface area contributed by atoms with Gasteiger partial charge in [0.15, 0.2) is 11.6 Å². The molecule has 1 atom stereocenters. The van der Waals surface area contributed by atoms with Crippen LogP contribution in [0.2, 0.25) is 0 Å². The van der Waals surface area contributed by atoms with Crippen molar-refractivity contribution >= 4 is 5.97 Å². The summed E-state index contributed by atoms with van der Waals surface area (Å²) in [4.78, 5) is 10.2. The average Bonchev–Trinajstić information content (AvgIpc) is 2.67. The maximum atomic E-state index is 12.5. The molecule has 3 nitrogen and oxygen atoms in total. The van der Waals surface area contributed by atoms with Crippen LogP contribution in [-0.4, -0.2) is 19.2 Å². The molecule has 5 heteroatoms. The molecule has 0 saturated carbocycles. The largest absolute Gasteiger partial charge is 0.494 e. The Morgan fingerprint density at radius 3 is 2.47 bits per heavy atom. The maximum Gasteiger partial charge on any atom is 0.306 e. The molecule has 0 aromatic heterocycles. The molecule has 2 rings (SSSR count). The Labute approximate surface area is 98.3 Å². The fourth-order valence-electron chi connectivity index (χ4n) is 1.31. The molecule has 1 saturated heterocycles. The first-order valence-electron chi connectivity index (χ1n) is 5.22. The number of rotatable bonds is 1. The van der Waals surface area contributed by atoms with Crippen molar-refractivity contribution in [3.63, 3.8) is 0 Å². The first-order chi connectivity index (χ1) is 8.04. The third-order valence-corrected chi connectivity index (χ3v) is 2.22. The van der Waals surface area contributed by atoms with E-state index < -0.39 is 11.6 Å². The zero-order valence-electron chi connectivity index (χ0n) is 9.70. The van der Waals surface area contributed by atoms with Gasteiger partial charge in [0.05, 0.1) is 13.2 Å². The number of methoxy groups -OCH3 is 1. The zero-order valence-corrected chi connectivity index (χ0v) is 9.70. The van der Waals surface area contributed by atoms with Gasteiger partial charge in [0, 0.05) is 6.42 Å². The average molecular weight is 244 g/mol. The van der Waals surface area contributed by atoms with Crippen LogP contribution in [0.15, 0.2) is 18.2 Å². The maximum absolute atomic E-state index is 12.5. The van der Waals surface area contributed by atoms with Crippen LogP contribution in [0.3, 0.4) is 0 Å². The minimum Gasteiger partial charge on any atom is -0.494 e. The lowest BCUT2D eigenvalue weighted by atomic mass is 10.3. The first kappa shape index (κ1) is 13.4. The molecule has 0 bridgehead atoms. The van der Waals surface area contributed by atoms with Crippen molar-refractivity contribution in [1.29, 1.82) is 0 Å². The summed E-state index contributed by atoms with van der Waals surface area (Å²) in [6.45, 7) is 1.91. The zero-order chi connectivity index (χ0) is 12.8. The lowest BCUT2D eigenvalue weighted by molar-refractivity contribution is -0.140. The van der Waals surface area contributed by atoms with Gasteiger partial charge in [-0.05, 0) is 25.5 Å². The third kappa shape index (κ3) is 4.01. The van der Waals surface area contributed by atoms with E-state index in [1.54, 1.807) is 0 Å². The summed E-state index contributed by atoms with van der Waals surface area (Å²) >= 11 is 0. The molecule has 1 aromatic carbocycles. The number of ether oxygens (including phenoxy) is 2. The molecule has 1 heterocycles. The highest BCUT2D eigenvalue weighted by Crippen LogP contribution is 2.17. The molecule has 0 amide bonds. The summed E-state index contributed by atoms with van der Waals surface area (Å²) in [7, 11) is 1.29. The highest BCUT2D eigenvalue weighted by molar-refractivity contribution is 5.71. The van der Waals surface area contributed by atoms with Crippen LogP contribution in [0, 0.1) is 11.6 Å². The van der Waals surface area contributed by atoms with Crippen molar-refractivity contribution in [3.05, 3.63) is 29.8 Å². The van der Waals surface area contributed by atoms with Gasteiger partial charge in [0.2, 0.25) is 5.82 Å². The van der Waals surface area contributed by atoms with Gasteiger partial charge in [-0.15, -0.1) is 0 Å². The van der Waals surface area contributed by atoms with E-state index in [0.717, 1.165) is 12.5 Å². The molecule has 1 aromatic rings. The van der Waals surface area contributed by atoms with Gasteiger partial charge in [-0.3, -0.25) is 4.79 Å². The van der Waals surface area contributed by atoms with Crippen molar-refractivity contribution in [1.82, 2.24) is 0 Å². The van der Waals surface area contributed by atoms with Gasteiger partial charge in [-0.2, -0.15) is 4.39 Å². The number of carbonyl (C=O) groups excluding carboxylic acids is 1. The monoisotopic (exact) mass is 244 g/mol. The minimum atomic E-state index is -0.940. The first-order valence-corrected chi connectivity index (χ1v) is 5.22. The second-order valence-electron chi connectivity index (χ2n) is 3.60. The van der Waals surface area contributed by atoms with E-state index >= 15 is 0 Å². The second kappa shape index (κ2) is 6.18. The molecule has 1 aliphatic heterocycles. The van der Waals surface area contributed by atoms with Crippen LogP contribution in [0.5, 0.6) is 5.75 Å². The molecule has 17 heavy (non-hydrogen) atoms. The van der Waals surface area contributed by atoms with E-state index in [1.807, 2.05) is 6.92 Å². The van der Waals surface area contributed by atoms with Crippen LogP contribution in [-0.2, 0) is 9.53 Å². The van der Waals surface area contributed by atoms with E-state index in [4.69, 9.17) is 4.74 Å². The molecule has 0 spiro atoms. The predicted molar refractivity (Wildman–Crippen MR) is 57.7 cm³/mol. The highest BCUT2D eigenvalue weighted by Gasteiger charge is 2.17. The normalized spacial score (nSPS) is 18.1. The van der Waals surface area contributed by atoms with Crippen molar-refractivity contribution in [2.75, 3.05) is 7.11 Å². The van der Waals surface area contributed by atoms with Crippen LogP contribution >= 0.6 is 0 Å². The number of hydrogen-bond acceptors (Lipinski definition) is 3. The van der Waals surface area contributed by atoms with Gasteiger partial charge in [-0.25, -0.2) is 4.39 Å². The lowest BCUT2D eigenvalue weighted by Crippen LogP contribution is -1.98. The Hall–Kier alpha value is -1.65. The van der Waals surface area contributed by atoms with Crippen molar-refractivity contribution < 1.29 is 23.0 Å². The molecule has 0 N–H and O–H groups in total. The molecular weight excluding hydrogens is 230 g/mol. The Kier molecular flexibility index (Phi) is 4.87. The van der Waals surface area contributed by atoms with Gasteiger partial charge >= 0.3 is 5.97 Å². The molecular formula is C12H14F2O3. The molecule has 94 valence electrons. The van der Waals surface area contributed by atoms with E-state index in [9.17, 15) is 13.6 Å². The topological polar surface area (TPSA) is 35.5 Å². The fourth-order valence-corrected chi connectivity index (χ4v) is 1.31. The summed E-state index contributed by atoms with van der Waals surface area (Å²) in [5, 5.41) is 0. The Morgan fingerprint density at radius 1 is 1.41 bits per heavy atom. The number of esters is 1. The number of benzene rings is 1. The molecule has 1 unspecified atom stereocenters. The van der Waals surface area contributed by atoms with E-state index in [0.29, 0.717) is 6.42 Å². The van der Waals surface area contributed by atoms with E-state index in [-0.39, 0.29) is 17.8 Å². The quantitative estimate of drug-likeness (QED) is 0.712. The lowest BCUT2D eigenvalue weighted by Gasteiger charge is -1.99. The molecule has 1 aliphatic rings. The van der Waals surface area contributed by atoms with Gasteiger partial charge < -0.3 is 9.47 Å². The van der Waals surface area contributed by atoms with Gasteiger partial charge in [-0.1, -0.05) is 6.07 Å². The Bertz CT molecular complexity index is 393. The number of cyclic esters (lactones) is 1. The minimum absolute atomic E-state index is 0.0486. The Balaban J connectivity index is 0.000000181. The van der Waals surface area contributed by atoms with E-state index in [2.05, 4.69) is 4.74 Å². The van der Waals surface area contributed by atoms with Gasteiger partial charge in [0.1, 0.15) is 0 Å². The summed E-state index contributed by atoms with van der Waals surface area (Å²) in [5.41, 5.74) is 0. The summed E-state index contributed by atoms with van der Waals surface area (Å²) in [6.07, 6.45) is 1.69. The molecule has 0 aliphatic carbocycles. The summed E-state index contributed by atoms with van der Waals surface area (Å²) in [6, 6.07) is 3.79. The predicted octanol–water partition coefficient (Wildman–Crippen LogP) is 2.69. The van der Waals surface area contributed by atoms with E-state index in [1.165, 1.54) is 19.2 Å². The van der Waals surface area contributed by atoms with Crippen LogP contribution in [0.1, 0.15) is 19.8 Å². The number of hydrogen-bond donors (Lipinski definition) is 0. The summed E-state index contributed by atoms with van der Waals surface area (Å²) < 4.78 is 34.0. The van der Waals surface area contributed by atoms with Crippen LogP contribution in [0.25, 0.3) is 0 Å². The van der Waals surface area contributed by atoms with Gasteiger partial charge in [0.25, 0.3) is 0 Å². The van der Waals surface area contributed by atoms with Crippen molar-refractivity contribution in [3.8, 4) is 5.75 Å². The fraction of sp³-hybridized carbons (Fsp3) is 0.417. The second-order valence-corrected chi connectivity index (χ2v) is 3.60. The van der Waals surface area contributed by atoms with Crippen molar-refractivity contribution in [2.45, 2.75) is 25.9 Å². The molecule has 0 radical (unpaired) electrons. The third-order valence-electron chi connectivity index (χ3n) is 2.22. The Morgan fingerprint density at radius 2 is 2.12 bits per heavy atom. The van der Waals surface area contributed by atoms with Crippen LogP contribution in [0.4, 0.5) is 8.78 Å². The standard InChI is InChI=1S/C7H6F2O.C5H8O2/c1-10-6-4-2-3-5(8)7(6)9;1-4-2-3-5(6)7-4/h2-4H,1H3;4H,2-3H2,1H3. The SMILES string of the molecule is CC1CCC(=O)O1.COc1cccc(F)c1F. The highest BCUT2D eigenvalue weighted by atomic mass is 19.2.